The molecule has 4 rings (SSSR count). The van der Waals surface area contributed by atoms with Crippen molar-refractivity contribution in [3.05, 3.63) is 46.5 Å². The van der Waals surface area contributed by atoms with Crippen LogP contribution in [0, 0.1) is 0 Å². The monoisotopic (exact) mass is 440 g/mol. The minimum absolute atomic E-state index is 0.0795. The maximum absolute atomic E-state index is 12.9. The molecule has 0 saturated heterocycles. The van der Waals surface area contributed by atoms with Gasteiger partial charge in [-0.25, -0.2) is 20.9 Å². The molecule has 0 fully saturated rings. The zero-order valence-corrected chi connectivity index (χ0v) is 16.4. The first-order valence-electron chi connectivity index (χ1n) is 9.50. The van der Waals surface area contributed by atoms with E-state index in [-0.39, 0.29) is 59.0 Å². The van der Waals surface area contributed by atoms with Crippen LogP contribution in [0.2, 0.25) is 0 Å². The molecule has 0 aromatic heterocycles. The number of carbonyl (C=O) groups excluding carboxylic acids is 4. The lowest BCUT2D eigenvalue weighted by atomic mass is 9.86. The summed E-state index contributed by atoms with van der Waals surface area (Å²) in [5.41, 5.74) is 5.33. The summed E-state index contributed by atoms with van der Waals surface area (Å²) >= 11 is 0. The predicted molar refractivity (Wildman–Crippen MR) is 105 cm³/mol. The summed E-state index contributed by atoms with van der Waals surface area (Å²) < 4.78 is 0. The molecular weight excluding hydrogens is 424 g/mol. The molecule has 2 aromatic rings. The Morgan fingerprint density at radius 1 is 0.625 bits per heavy atom. The fourth-order valence-electron chi connectivity index (χ4n) is 3.71. The molecule has 2 aliphatic heterocycles. The normalized spacial score (nSPS) is 15.0. The van der Waals surface area contributed by atoms with Crippen LogP contribution in [-0.4, -0.2) is 68.9 Å². The molecule has 0 aliphatic carbocycles. The number of amides is 4. The van der Waals surface area contributed by atoms with Crippen LogP contribution in [0.4, 0.5) is 0 Å². The van der Waals surface area contributed by atoms with Crippen molar-refractivity contribution >= 4 is 46.3 Å². The number of hydrogen-bond donors (Lipinski definition) is 4. The first-order chi connectivity index (χ1) is 15.2. The van der Waals surface area contributed by atoms with Gasteiger partial charge >= 0.3 is 11.9 Å². The lowest BCUT2D eigenvalue weighted by Gasteiger charge is -2.31. The van der Waals surface area contributed by atoms with Crippen LogP contribution in [0.25, 0.3) is 10.8 Å². The fraction of sp³-hybridized carbons (Fsp3) is 0.200. The SMILES string of the molecule is O=C(O)CCNN1C(=O)c2ccc3c4c(ccc(c24)C1=O)C(=O)N(NCCC(=O)O)C3=O. The van der Waals surface area contributed by atoms with Crippen molar-refractivity contribution in [3.8, 4) is 0 Å². The third kappa shape index (κ3) is 3.27. The first-order valence-corrected chi connectivity index (χ1v) is 9.50. The van der Waals surface area contributed by atoms with E-state index in [1.54, 1.807) is 0 Å². The number of imide groups is 2. The number of rotatable bonds is 8. The summed E-state index contributed by atoms with van der Waals surface area (Å²) in [4.78, 5) is 73.0. The number of carboxylic acid groups (broad SMARTS) is 2. The molecule has 2 heterocycles. The van der Waals surface area contributed by atoms with Gasteiger partial charge in [0.15, 0.2) is 0 Å². The van der Waals surface area contributed by atoms with Gasteiger partial charge in [-0.2, -0.15) is 0 Å². The molecule has 0 spiro atoms. The second-order valence-electron chi connectivity index (χ2n) is 7.07. The zero-order valence-electron chi connectivity index (χ0n) is 16.4. The Kier molecular flexibility index (Phi) is 5.16. The second kappa shape index (κ2) is 7.83. The highest BCUT2D eigenvalue weighted by atomic mass is 16.4. The van der Waals surface area contributed by atoms with Crippen LogP contribution in [-0.2, 0) is 9.59 Å². The summed E-state index contributed by atoms with van der Waals surface area (Å²) in [6.07, 6.45) is -0.629. The number of carboxylic acids is 2. The van der Waals surface area contributed by atoms with E-state index in [0.717, 1.165) is 0 Å². The third-order valence-electron chi connectivity index (χ3n) is 5.11. The quantitative estimate of drug-likeness (QED) is 0.409. The number of nitrogens with zero attached hydrogens (tertiary/aromatic N) is 2. The maximum atomic E-state index is 12.9. The molecule has 0 bridgehead atoms. The Morgan fingerprint density at radius 2 is 0.906 bits per heavy atom. The molecule has 0 unspecified atom stereocenters. The molecule has 32 heavy (non-hydrogen) atoms. The van der Waals surface area contributed by atoms with E-state index >= 15 is 0 Å². The van der Waals surface area contributed by atoms with Crippen LogP contribution in [0.1, 0.15) is 54.3 Å². The number of benzene rings is 2. The predicted octanol–water partition coefficient (Wildman–Crippen LogP) is -0.00960. The van der Waals surface area contributed by atoms with Crippen molar-refractivity contribution in [2.75, 3.05) is 13.1 Å². The second-order valence-corrected chi connectivity index (χ2v) is 7.07. The largest absolute Gasteiger partial charge is 0.481 e. The fourth-order valence-corrected chi connectivity index (χ4v) is 3.71. The maximum Gasteiger partial charge on any atom is 0.304 e. The molecule has 4 amide bonds. The molecular formula is C20H16N4O8. The van der Waals surface area contributed by atoms with Crippen molar-refractivity contribution in [2.24, 2.45) is 0 Å². The Bertz CT molecular complexity index is 1070. The van der Waals surface area contributed by atoms with Crippen molar-refractivity contribution in [2.45, 2.75) is 12.8 Å². The van der Waals surface area contributed by atoms with E-state index in [4.69, 9.17) is 10.2 Å². The van der Waals surface area contributed by atoms with Gasteiger partial charge in [-0.1, -0.05) is 0 Å². The number of hydrogen-bond acceptors (Lipinski definition) is 8. The van der Waals surface area contributed by atoms with E-state index in [1.807, 2.05) is 0 Å². The van der Waals surface area contributed by atoms with Crippen LogP contribution in [0.5, 0.6) is 0 Å². The van der Waals surface area contributed by atoms with E-state index in [2.05, 4.69) is 10.9 Å². The van der Waals surface area contributed by atoms with Gasteiger partial charge in [-0.05, 0) is 24.3 Å². The van der Waals surface area contributed by atoms with Gasteiger partial charge < -0.3 is 10.2 Å². The summed E-state index contributed by atoms with van der Waals surface area (Å²) in [6.45, 7) is -0.315. The van der Waals surface area contributed by atoms with Crippen LogP contribution < -0.4 is 10.9 Å². The number of hydrazine groups is 2. The summed E-state index contributed by atoms with van der Waals surface area (Å²) in [6, 6.07) is 5.42. The van der Waals surface area contributed by atoms with Crippen molar-refractivity contribution < 1.29 is 39.0 Å². The van der Waals surface area contributed by atoms with Gasteiger partial charge in [0.1, 0.15) is 0 Å². The third-order valence-corrected chi connectivity index (χ3v) is 5.11. The smallest absolute Gasteiger partial charge is 0.304 e. The van der Waals surface area contributed by atoms with Gasteiger partial charge in [-0.3, -0.25) is 28.8 Å². The first kappa shape index (κ1) is 21.1. The number of carbonyl (C=O) groups is 6. The molecule has 4 N–H and O–H groups in total. The molecule has 2 aliphatic rings. The van der Waals surface area contributed by atoms with Crippen molar-refractivity contribution in [3.63, 3.8) is 0 Å². The highest BCUT2D eigenvalue weighted by molar-refractivity contribution is 6.33. The molecule has 12 nitrogen and oxygen atoms in total. The van der Waals surface area contributed by atoms with Gasteiger partial charge in [-0.15, -0.1) is 0 Å². The minimum Gasteiger partial charge on any atom is -0.481 e. The highest BCUT2D eigenvalue weighted by Gasteiger charge is 2.39. The molecule has 164 valence electrons. The van der Waals surface area contributed by atoms with E-state index in [9.17, 15) is 28.8 Å². The van der Waals surface area contributed by atoms with Crippen LogP contribution in [0.3, 0.4) is 0 Å². The van der Waals surface area contributed by atoms with Gasteiger partial charge in [0.2, 0.25) is 0 Å². The Morgan fingerprint density at radius 3 is 1.16 bits per heavy atom. The molecule has 0 atom stereocenters. The Labute approximate surface area is 179 Å². The standard InChI is InChI=1S/C20H16N4O8/c25-13(26)5-7-21-23-17(29)9-1-2-10-16-12(4-3-11(15(9)16)19(23)31)20(32)24(18(10)30)22-8-6-14(27)28/h1-4,21-22H,5-8H2,(H,25,26)(H,27,28). The summed E-state index contributed by atoms with van der Waals surface area (Å²) in [7, 11) is 0. The van der Waals surface area contributed by atoms with Gasteiger partial charge in [0.25, 0.3) is 23.6 Å². The average molecular weight is 440 g/mol. The zero-order chi connectivity index (χ0) is 23.2. The minimum atomic E-state index is -1.10. The van der Waals surface area contributed by atoms with Crippen LogP contribution >= 0.6 is 0 Å². The van der Waals surface area contributed by atoms with Gasteiger partial charge in [0.05, 0.1) is 35.1 Å². The average Bonchev–Trinajstić information content (AvgIpc) is 2.74. The number of nitrogens with one attached hydrogen (secondary N) is 2. The molecule has 2 aromatic carbocycles. The molecule has 0 radical (unpaired) electrons. The Balaban J connectivity index is 1.75. The number of aliphatic carboxylic acids is 2. The summed E-state index contributed by atoms with van der Waals surface area (Å²) in [5, 5.41) is 19.3. The van der Waals surface area contributed by atoms with Crippen molar-refractivity contribution in [1.82, 2.24) is 20.9 Å². The highest BCUT2D eigenvalue weighted by Crippen LogP contribution is 2.37. The molecule has 12 heteroatoms. The van der Waals surface area contributed by atoms with Gasteiger partial charge in [0, 0.05) is 23.9 Å². The lowest BCUT2D eigenvalue weighted by Crippen LogP contribution is -2.51. The van der Waals surface area contributed by atoms with E-state index in [0.29, 0.717) is 10.0 Å². The lowest BCUT2D eigenvalue weighted by molar-refractivity contribution is -0.138. The molecule has 0 saturated carbocycles. The van der Waals surface area contributed by atoms with E-state index < -0.39 is 35.6 Å². The van der Waals surface area contributed by atoms with Crippen molar-refractivity contribution in [1.29, 1.82) is 0 Å². The topological polar surface area (TPSA) is 173 Å². The van der Waals surface area contributed by atoms with Crippen LogP contribution in [0.15, 0.2) is 24.3 Å². The van der Waals surface area contributed by atoms with E-state index in [1.165, 1.54) is 24.3 Å². The Hall–Kier alpha value is -4.16. The summed E-state index contributed by atoms with van der Waals surface area (Å²) in [5.74, 6) is -5.16.